The van der Waals surface area contributed by atoms with Crippen molar-refractivity contribution in [3.05, 3.63) is 41.4 Å². The first-order valence-corrected chi connectivity index (χ1v) is 4.27. The van der Waals surface area contributed by atoms with Crippen LogP contribution in [-0.4, -0.2) is 14.8 Å². The Kier molecular flexibility index (Phi) is 1.91. The van der Waals surface area contributed by atoms with Gasteiger partial charge in [-0.25, -0.2) is 9.67 Å². The van der Waals surface area contributed by atoms with Crippen molar-refractivity contribution in [1.82, 2.24) is 14.8 Å². The topological polar surface area (TPSA) is 30.7 Å². The van der Waals surface area contributed by atoms with Gasteiger partial charge in [0.1, 0.15) is 12.7 Å². The Hall–Kier alpha value is -1.16. The third kappa shape index (κ3) is 1.25. The maximum absolute atomic E-state index is 4.02. The molecule has 0 saturated heterocycles. The molecule has 4 heteroatoms. The van der Waals surface area contributed by atoms with E-state index in [0.717, 1.165) is 10.2 Å². The van der Waals surface area contributed by atoms with Crippen LogP contribution < -0.4 is 0 Å². The molecule has 0 saturated carbocycles. The fraction of sp³-hybridized carbons (Fsp3) is 0. The summed E-state index contributed by atoms with van der Waals surface area (Å²) in [6.45, 7) is 0. The SMILES string of the molecule is Brc1ccccc1-n1cncn1. The van der Waals surface area contributed by atoms with Gasteiger partial charge in [0.2, 0.25) is 0 Å². The minimum absolute atomic E-state index is 0.995. The quantitative estimate of drug-likeness (QED) is 0.741. The number of rotatable bonds is 1. The number of para-hydroxylation sites is 1. The molecule has 0 aliphatic carbocycles. The van der Waals surface area contributed by atoms with Crippen LogP contribution in [0.15, 0.2) is 41.4 Å². The van der Waals surface area contributed by atoms with E-state index >= 15 is 0 Å². The van der Waals surface area contributed by atoms with Crippen LogP contribution in [0.1, 0.15) is 0 Å². The molecule has 12 heavy (non-hydrogen) atoms. The molecule has 2 rings (SSSR count). The Labute approximate surface area is 78.2 Å². The van der Waals surface area contributed by atoms with Gasteiger partial charge >= 0.3 is 0 Å². The molecule has 1 heterocycles. The first kappa shape index (κ1) is 7.49. The molecule has 0 unspecified atom stereocenters. The fourth-order valence-corrected chi connectivity index (χ4v) is 1.44. The Bertz CT molecular complexity index is 370. The highest BCUT2D eigenvalue weighted by Crippen LogP contribution is 2.18. The van der Waals surface area contributed by atoms with Crippen molar-refractivity contribution in [2.24, 2.45) is 0 Å². The number of nitrogens with zero attached hydrogens (tertiary/aromatic N) is 3. The van der Waals surface area contributed by atoms with Gasteiger partial charge in [-0.05, 0) is 28.1 Å². The van der Waals surface area contributed by atoms with Crippen LogP contribution in [-0.2, 0) is 0 Å². The van der Waals surface area contributed by atoms with E-state index in [9.17, 15) is 0 Å². The fourth-order valence-electron chi connectivity index (χ4n) is 0.970. The van der Waals surface area contributed by atoms with Crippen molar-refractivity contribution in [1.29, 1.82) is 0 Å². The van der Waals surface area contributed by atoms with Gasteiger partial charge in [0.25, 0.3) is 0 Å². The highest BCUT2D eigenvalue weighted by atomic mass is 79.9. The molecule has 0 bridgehead atoms. The average molecular weight is 224 g/mol. The van der Waals surface area contributed by atoms with Crippen molar-refractivity contribution in [2.45, 2.75) is 0 Å². The predicted octanol–water partition coefficient (Wildman–Crippen LogP) is 2.03. The van der Waals surface area contributed by atoms with E-state index in [0.29, 0.717) is 0 Å². The van der Waals surface area contributed by atoms with E-state index in [1.165, 1.54) is 6.33 Å². The van der Waals surface area contributed by atoms with Crippen LogP contribution >= 0.6 is 15.9 Å². The van der Waals surface area contributed by atoms with E-state index in [4.69, 9.17) is 0 Å². The highest BCUT2D eigenvalue weighted by molar-refractivity contribution is 9.10. The first-order chi connectivity index (χ1) is 5.88. The van der Waals surface area contributed by atoms with E-state index in [2.05, 4.69) is 26.0 Å². The van der Waals surface area contributed by atoms with Gasteiger partial charge in [-0.3, -0.25) is 0 Å². The Morgan fingerprint density at radius 2 is 2.08 bits per heavy atom. The number of hydrogen-bond acceptors (Lipinski definition) is 2. The summed E-state index contributed by atoms with van der Waals surface area (Å²) in [7, 11) is 0. The lowest BCUT2D eigenvalue weighted by Crippen LogP contribution is -1.94. The molecule has 0 atom stereocenters. The van der Waals surface area contributed by atoms with Crippen LogP contribution in [0.3, 0.4) is 0 Å². The largest absolute Gasteiger partial charge is 0.223 e. The minimum Gasteiger partial charge on any atom is -0.223 e. The molecule has 0 aliphatic rings. The lowest BCUT2D eigenvalue weighted by molar-refractivity contribution is 0.874. The van der Waals surface area contributed by atoms with Crippen molar-refractivity contribution in [3.63, 3.8) is 0 Å². The summed E-state index contributed by atoms with van der Waals surface area (Å²) in [6.07, 6.45) is 3.18. The van der Waals surface area contributed by atoms with Crippen LogP contribution in [0, 0.1) is 0 Å². The summed E-state index contributed by atoms with van der Waals surface area (Å²) in [5.74, 6) is 0. The summed E-state index contributed by atoms with van der Waals surface area (Å²) in [4.78, 5) is 3.87. The number of aromatic nitrogens is 3. The molecule has 0 radical (unpaired) electrons. The molecule has 1 aromatic heterocycles. The second-order valence-electron chi connectivity index (χ2n) is 2.29. The zero-order valence-corrected chi connectivity index (χ0v) is 7.77. The van der Waals surface area contributed by atoms with Gasteiger partial charge in [-0.15, -0.1) is 0 Å². The van der Waals surface area contributed by atoms with E-state index in [-0.39, 0.29) is 0 Å². The molecule has 0 N–H and O–H groups in total. The van der Waals surface area contributed by atoms with Crippen molar-refractivity contribution >= 4 is 15.9 Å². The van der Waals surface area contributed by atoms with Crippen LogP contribution in [0.2, 0.25) is 0 Å². The maximum atomic E-state index is 4.02. The zero-order valence-electron chi connectivity index (χ0n) is 6.18. The summed E-state index contributed by atoms with van der Waals surface area (Å²) in [5, 5.41) is 4.02. The summed E-state index contributed by atoms with van der Waals surface area (Å²) in [6, 6.07) is 7.86. The van der Waals surface area contributed by atoms with E-state index < -0.39 is 0 Å². The number of halogens is 1. The van der Waals surface area contributed by atoms with Gasteiger partial charge < -0.3 is 0 Å². The normalized spacial score (nSPS) is 10.1. The standard InChI is InChI=1S/C8H6BrN3/c9-7-3-1-2-4-8(7)12-6-10-5-11-12/h1-6H. The Balaban J connectivity index is 2.55. The predicted molar refractivity (Wildman–Crippen MR) is 49.1 cm³/mol. The van der Waals surface area contributed by atoms with Crippen LogP contribution in [0.5, 0.6) is 0 Å². The summed E-state index contributed by atoms with van der Waals surface area (Å²) in [5.41, 5.74) is 0.995. The highest BCUT2D eigenvalue weighted by Gasteiger charge is 1.99. The lowest BCUT2D eigenvalue weighted by atomic mass is 10.3. The van der Waals surface area contributed by atoms with Crippen molar-refractivity contribution in [2.75, 3.05) is 0 Å². The van der Waals surface area contributed by atoms with Gasteiger partial charge in [-0.1, -0.05) is 12.1 Å². The molecule has 0 amide bonds. The Morgan fingerprint density at radius 3 is 2.75 bits per heavy atom. The zero-order chi connectivity index (χ0) is 8.39. The van der Waals surface area contributed by atoms with E-state index in [1.54, 1.807) is 11.0 Å². The average Bonchev–Trinajstić information content (AvgIpc) is 2.57. The molecule has 2 aromatic rings. The molecule has 1 aromatic carbocycles. The molecular weight excluding hydrogens is 218 g/mol. The summed E-state index contributed by atoms with van der Waals surface area (Å²) < 4.78 is 2.72. The number of benzene rings is 1. The van der Waals surface area contributed by atoms with Gasteiger partial charge in [0.05, 0.1) is 5.69 Å². The van der Waals surface area contributed by atoms with Crippen molar-refractivity contribution < 1.29 is 0 Å². The summed E-state index contributed by atoms with van der Waals surface area (Å²) >= 11 is 3.43. The molecule has 60 valence electrons. The first-order valence-electron chi connectivity index (χ1n) is 3.47. The van der Waals surface area contributed by atoms with Gasteiger partial charge in [0.15, 0.2) is 0 Å². The molecule has 0 fully saturated rings. The lowest BCUT2D eigenvalue weighted by Gasteiger charge is -2.01. The van der Waals surface area contributed by atoms with Crippen molar-refractivity contribution in [3.8, 4) is 5.69 Å². The van der Waals surface area contributed by atoms with Gasteiger partial charge in [0, 0.05) is 4.47 Å². The molecule has 0 spiro atoms. The second kappa shape index (κ2) is 3.06. The minimum atomic E-state index is 0.995. The molecule has 3 nitrogen and oxygen atoms in total. The van der Waals surface area contributed by atoms with Crippen LogP contribution in [0.25, 0.3) is 5.69 Å². The molecule has 0 aliphatic heterocycles. The molecular formula is C8H6BrN3. The third-order valence-corrected chi connectivity index (χ3v) is 2.19. The monoisotopic (exact) mass is 223 g/mol. The smallest absolute Gasteiger partial charge is 0.138 e. The third-order valence-electron chi connectivity index (χ3n) is 1.52. The number of hydrogen-bond donors (Lipinski definition) is 0. The van der Waals surface area contributed by atoms with Crippen LogP contribution in [0.4, 0.5) is 0 Å². The van der Waals surface area contributed by atoms with Gasteiger partial charge in [-0.2, -0.15) is 5.10 Å². The Morgan fingerprint density at radius 1 is 1.25 bits per heavy atom. The maximum Gasteiger partial charge on any atom is 0.138 e. The van der Waals surface area contributed by atoms with E-state index in [1.807, 2.05) is 24.3 Å². The second-order valence-corrected chi connectivity index (χ2v) is 3.15.